The molecule has 3 saturated carbocycles. The predicted octanol–water partition coefficient (Wildman–Crippen LogP) is 4.38. The van der Waals surface area contributed by atoms with Crippen LogP contribution in [0.2, 0.25) is 0 Å². The van der Waals surface area contributed by atoms with Crippen molar-refractivity contribution in [1.82, 2.24) is 10.6 Å². The second-order valence-electron chi connectivity index (χ2n) is 9.96. The molecule has 4 aliphatic carbocycles. The number of hydrogen-bond donors (Lipinski definition) is 3. The Morgan fingerprint density at radius 2 is 1.49 bits per heavy atom. The minimum Gasteiger partial charge on any atom is -0.478 e. The van der Waals surface area contributed by atoms with Crippen molar-refractivity contribution in [3.8, 4) is 11.1 Å². The highest BCUT2D eigenvalue weighted by Gasteiger charge is 2.53. The molecule has 2 bridgehead atoms. The lowest BCUT2D eigenvalue weighted by Crippen LogP contribution is -2.59. The van der Waals surface area contributed by atoms with E-state index >= 15 is 0 Å². The van der Waals surface area contributed by atoms with Gasteiger partial charge in [-0.2, -0.15) is 0 Å². The summed E-state index contributed by atoms with van der Waals surface area (Å²) in [6.45, 7) is 0.488. The van der Waals surface area contributed by atoms with Gasteiger partial charge < -0.3 is 20.5 Å². The van der Waals surface area contributed by atoms with Gasteiger partial charge >= 0.3 is 12.1 Å². The zero-order chi connectivity index (χ0) is 24.5. The molecule has 0 atom stereocenters. The van der Waals surface area contributed by atoms with Gasteiger partial charge in [-0.25, -0.2) is 9.59 Å². The quantitative estimate of drug-likeness (QED) is 0.517. The standard InChI is InChI=1S/C28H30N2O5/c31-24(32)10-5-17-29-25(33)27-11-14-28(15-12-27,16-13-27)30-26(34)35-18-23-21-8-3-1-6-19(21)20-7-2-4-9-22(20)23/h1-10,23H,11-18H2,(H,29,33)(H,30,34)(H,31,32)/b10-5+. The first-order chi connectivity index (χ1) is 16.9. The fourth-order valence-corrected chi connectivity index (χ4v) is 6.06. The average molecular weight is 475 g/mol. The summed E-state index contributed by atoms with van der Waals surface area (Å²) in [4.78, 5) is 36.2. The van der Waals surface area contributed by atoms with E-state index in [1.165, 1.54) is 28.3 Å². The van der Waals surface area contributed by atoms with Crippen molar-refractivity contribution in [3.63, 3.8) is 0 Å². The summed E-state index contributed by atoms with van der Waals surface area (Å²) in [6.07, 6.45) is 6.36. The maximum atomic E-state index is 12.8. The number of carboxylic acid groups (broad SMARTS) is 1. The first kappa shape index (κ1) is 23.1. The summed E-state index contributed by atoms with van der Waals surface area (Å²) in [6, 6.07) is 16.5. The average Bonchev–Trinajstić information content (AvgIpc) is 3.20. The van der Waals surface area contributed by atoms with E-state index in [9.17, 15) is 14.4 Å². The number of alkyl carbamates (subject to hydrolysis) is 1. The summed E-state index contributed by atoms with van der Waals surface area (Å²) in [5, 5.41) is 14.7. The van der Waals surface area contributed by atoms with Crippen molar-refractivity contribution in [3.05, 3.63) is 71.8 Å². The van der Waals surface area contributed by atoms with Crippen molar-refractivity contribution in [1.29, 1.82) is 0 Å². The molecule has 2 aromatic carbocycles. The van der Waals surface area contributed by atoms with Crippen molar-refractivity contribution in [2.45, 2.75) is 50.0 Å². The number of carboxylic acids is 1. The number of amides is 2. The molecule has 3 N–H and O–H groups in total. The van der Waals surface area contributed by atoms with Crippen molar-refractivity contribution in [2.75, 3.05) is 13.2 Å². The number of benzene rings is 2. The maximum Gasteiger partial charge on any atom is 0.407 e. The van der Waals surface area contributed by atoms with E-state index in [-0.39, 0.29) is 30.5 Å². The molecule has 4 aliphatic rings. The van der Waals surface area contributed by atoms with Crippen LogP contribution in [-0.2, 0) is 14.3 Å². The largest absolute Gasteiger partial charge is 0.478 e. The lowest BCUT2D eigenvalue weighted by molar-refractivity contribution is -0.138. The van der Waals surface area contributed by atoms with E-state index in [2.05, 4.69) is 34.9 Å². The topological polar surface area (TPSA) is 105 Å². The number of carbonyl (C=O) groups is 3. The molecule has 0 radical (unpaired) electrons. The highest BCUT2D eigenvalue weighted by atomic mass is 16.5. The molecule has 182 valence electrons. The summed E-state index contributed by atoms with van der Waals surface area (Å²) in [5.74, 6) is -1.03. The second kappa shape index (κ2) is 9.21. The van der Waals surface area contributed by atoms with Crippen LogP contribution in [0.15, 0.2) is 60.7 Å². The van der Waals surface area contributed by atoms with Crippen LogP contribution in [0.25, 0.3) is 11.1 Å². The molecule has 0 heterocycles. The second-order valence-corrected chi connectivity index (χ2v) is 9.96. The van der Waals surface area contributed by atoms with Crippen LogP contribution < -0.4 is 10.6 Å². The van der Waals surface area contributed by atoms with Gasteiger partial charge in [-0.3, -0.25) is 4.79 Å². The molecule has 3 fully saturated rings. The molecule has 0 aromatic heterocycles. The Kier molecular flexibility index (Phi) is 6.09. The first-order valence-electron chi connectivity index (χ1n) is 12.2. The Morgan fingerprint density at radius 1 is 0.914 bits per heavy atom. The molecule has 2 amide bonds. The molecular weight excluding hydrogens is 444 g/mol. The van der Waals surface area contributed by atoms with Crippen molar-refractivity contribution < 1.29 is 24.2 Å². The third-order valence-electron chi connectivity index (χ3n) is 8.08. The molecule has 0 aliphatic heterocycles. The predicted molar refractivity (Wildman–Crippen MR) is 131 cm³/mol. The third kappa shape index (κ3) is 4.43. The smallest absolute Gasteiger partial charge is 0.407 e. The zero-order valence-corrected chi connectivity index (χ0v) is 19.6. The number of rotatable bonds is 7. The normalized spacial score (nSPS) is 24.6. The maximum absolute atomic E-state index is 12.8. The summed E-state index contributed by atoms with van der Waals surface area (Å²) >= 11 is 0. The van der Waals surface area contributed by atoms with Crippen LogP contribution in [0.3, 0.4) is 0 Å². The van der Waals surface area contributed by atoms with Crippen LogP contribution in [-0.4, -0.2) is 41.8 Å². The highest BCUT2D eigenvalue weighted by molar-refractivity contribution is 5.84. The van der Waals surface area contributed by atoms with Gasteiger partial charge in [0.05, 0.1) is 0 Å². The van der Waals surface area contributed by atoms with E-state index in [0.717, 1.165) is 25.3 Å². The highest BCUT2D eigenvalue weighted by Crippen LogP contribution is 2.52. The summed E-state index contributed by atoms with van der Waals surface area (Å²) < 4.78 is 5.76. The van der Waals surface area contributed by atoms with Gasteiger partial charge in [-0.1, -0.05) is 54.6 Å². The lowest BCUT2D eigenvalue weighted by Gasteiger charge is -2.52. The Morgan fingerprint density at radius 3 is 2.06 bits per heavy atom. The fraction of sp³-hybridized carbons (Fsp3) is 0.393. The molecule has 7 heteroatoms. The molecule has 0 saturated heterocycles. The lowest BCUT2D eigenvalue weighted by atomic mass is 9.57. The minimum atomic E-state index is -1.03. The summed E-state index contributed by atoms with van der Waals surface area (Å²) in [7, 11) is 0. The molecule has 6 rings (SSSR count). The van der Waals surface area contributed by atoms with E-state index in [1.54, 1.807) is 0 Å². The van der Waals surface area contributed by atoms with Gasteiger partial charge in [0.25, 0.3) is 0 Å². The number of hydrogen-bond acceptors (Lipinski definition) is 4. The van der Waals surface area contributed by atoms with E-state index in [1.807, 2.05) is 24.3 Å². The van der Waals surface area contributed by atoms with Crippen molar-refractivity contribution in [2.24, 2.45) is 5.41 Å². The fourth-order valence-electron chi connectivity index (χ4n) is 6.06. The number of ether oxygens (including phenoxy) is 1. The number of aliphatic carboxylic acids is 1. The zero-order valence-electron chi connectivity index (χ0n) is 19.6. The Balaban J connectivity index is 1.16. The number of fused-ring (bicyclic) bond motifs is 6. The van der Waals surface area contributed by atoms with E-state index in [4.69, 9.17) is 9.84 Å². The molecule has 35 heavy (non-hydrogen) atoms. The van der Waals surface area contributed by atoms with Crippen LogP contribution >= 0.6 is 0 Å². The SMILES string of the molecule is O=C(O)/C=C/CNC(=O)C12CCC(NC(=O)OCC3c4ccccc4-c4ccccc43)(CC1)CC2. The third-order valence-corrected chi connectivity index (χ3v) is 8.08. The molecule has 2 aromatic rings. The molecular formula is C28H30N2O5. The van der Waals surface area contributed by atoms with Gasteiger partial charge in [0.15, 0.2) is 0 Å². The Bertz CT molecular complexity index is 1120. The van der Waals surface area contributed by atoms with Gasteiger partial charge in [-0.05, 0) is 60.8 Å². The molecule has 7 nitrogen and oxygen atoms in total. The molecule has 0 spiro atoms. The van der Waals surface area contributed by atoms with Gasteiger partial charge in [0, 0.05) is 29.5 Å². The summed E-state index contributed by atoms with van der Waals surface area (Å²) in [5.41, 5.74) is 4.01. The number of carbonyl (C=O) groups excluding carboxylic acids is 2. The van der Waals surface area contributed by atoms with Crippen LogP contribution in [0.4, 0.5) is 4.79 Å². The molecule has 0 unspecified atom stereocenters. The van der Waals surface area contributed by atoms with E-state index < -0.39 is 17.5 Å². The number of nitrogens with one attached hydrogen (secondary N) is 2. The van der Waals surface area contributed by atoms with Gasteiger partial charge in [-0.15, -0.1) is 0 Å². The van der Waals surface area contributed by atoms with Crippen molar-refractivity contribution >= 4 is 18.0 Å². The monoisotopic (exact) mass is 474 g/mol. The van der Waals surface area contributed by atoms with Crippen LogP contribution in [0.5, 0.6) is 0 Å². The minimum absolute atomic E-state index is 0.0230. The first-order valence-corrected chi connectivity index (χ1v) is 12.2. The van der Waals surface area contributed by atoms with E-state index in [0.29, 0.717) is 19.3 Å². The van der Waals surface area contributed by atoms with Crippen LogP contribution in [0.1, 0.15) is 55.6 Å². The van der Waals surface area contributed by atoms with Crippen LogP contribution in [0, 0.1) is 5.41 Å². The van der Waals surface area contributed by atoms with Gasteiger partial charge in [0.1, 0.15) is 6.61 Å². The van der Waals surface area contributed by atoms with Gasteiger partial charge in [0.2, 0.25) is 5.91 Å². The Hall–Kier alpha value is -3.61. The Labute approximate surface area is 204 Å².